The lowest BCUT2D eigenvalue weighted by atomic mass is 9.53. The monoisotopic (exact) mass is 322 g/mol. The van der Waals surface area contributed by atoms with Gasteiger partial charge in [-0.15, -0.1) is 0 Å². The van der Waals surface area contributed by atoms with Gasteiger partial charge in [0.2, 0.25) is 11.6 Å². The van der Waals surface area contributed by atoms with E-state index >= 15 is 0 Å². The van der Waals surface area contributed by atoms with E-state index in [1.54, 1.807) is 0 Å². The van der Waals surface area contributed by atoms with Crippen molar-refractivity contribution in [2.24, 2.45) is 23.7 Å². The van der Waals surface area contributed by atoms with Crippen molar-refractivity contribution in [2.75, 3.05) is 13.2 Å². The second kappa shape index (κ2) is 4.50. The molecule has 0 aromatic heterocycles. The van der Waals surface area contributed by atoms with Crippen LogP contribution < -0.4 is 0 Å². The van der Waals surface area contributed by atoms with Crippen molar-refractivity contribution >= 4 is 0 Å². The van der Waals surface area contributed by atoms with Gasteiger partial charge in [0, 0.05) is 37.5 Å². The van der Waals surface area contributed by atoms with E-state index in [0.29, 0.717) is 25.0 Å². The molecular weight excluding hydrogens is 296 g/mol. The van der Waals surface area contributed by atoms with Crippen LogP contribution in [0.3, 0.4) is 0 Å². The molecule has 0 atom stereocenters. The highest BCUT2D eigenvalue weighted by Gasteiger charge is 2.67. The third-order valence-corrected chi connectivity index (χ3v) is 7.53. The van der Waals surface area contributed by atoms with Crippen LogP contribution in [0.4, 0.5) is 0 Å². The van der Waals surface area contributed by atoms with Crippen molar-refractivity contribution in [1.82, 2.24) is 0 Å². The summed E-state index contributed by atoms with van der Waals surface area (Å²) in [7, 11) is 0. The van der Waals surface area contributed by atoms with Crippen LogP contribution in [-0.2, 0) is 24.0 Å². The topological polar surface area (TPSA) is 46.2 Å². The first-order chi connectivity index (χ1) is 11.2. The van der Waals surface area contributed by atoms with Gasteiger partial charge < -0.3 is 14.2 Å². The fourth-order valence-electron chi connectivity index (χ4n) is 6.59. The van der Waals surface area contributed by atoms with E-state index < -0.39 is 11.6 Å². The number of rotatable bonds is 0. The highest BCUT2D eigenvalue weighted by molar-refractivity contribution is 5.06. The van der Waals surface area contributed by atoms with Gasteiger partial charge in [-0.05, 0) is 43.9 Å². The van der Waals surface area contributed by atoms with Crippen LogP contribution in [0.1, 0.15) is 57.8 Å². The zero-order chi connectivity index (χ0) is 15.1. The van der Waals surface area contributed by atoms with Crippen molar-refractivity contribution < 1.29 is 24.0 Å². The molecular formula is C18H26O5. The zero-order valence-corrected chi connectivity index (χ0v) is 13.6. The Kier molecular flexibility index (Phi) is 2.74. The standard InChI is InChI=1S/C18H26O5/c1-3-17(4-2-16(1)19-5-6-20-16)21-18(23-22-17)14-8-12-7-13(10-14)11-15(18)9-12/h12-15H,1-11H2. The minimum absolute atomic E-state index is 0.377. The molecule has 0 amide bonds. The first-order valence-electron chi connectivity index (χ1n) is 9.54. The molecule has 128 valence electrons. The maximum absolute atomic E-state index is 6.70. The molecule has 23 heavy (non-hydrogen) atoms. The van der Waals surface area contributed by atoms with Crippen LogP contribution in [0.5, 0.6) is 0 Å². The first-order valence-corrected chi connectivity index (χ1v) is 9.54. The maximum atomic E-state index is 6.70. The minimum Gasteiger partial charge on any atom is -0.348 e. The summed E-state index contributed by atoms with van der Waals surface area (Å²) < 4.78 is 18.4. The van der Waals surface area contributed by atoms with Gasteiger partial charge in [0.15, 0.2) is 5.79 Å². The van der Waals surface area contributed by atoms with Crippen LogP contribution in [0.2, 0.25) is 0 Å². The van der Waals surface area contributed by atoms with Gasteiger partial charge in [0.1, 0.15) is 0 Å². The molecule has 2 heterocycles. The minimum atomic E-state index is -0.560. The average molecular weight is 322 g/mol. The van der Waals surface area contributed by atoms with Gasteiger partial charge in [-0.3, -0.25) is 0 Å². The molecule has 2 saturated heterocycles. The lowest BCUT2D eigenvalue weighted by Gasteiger charge is -2.57. The summed E-state index contributed by atoms with van der Waals surface area (Å²) in [6.07, 6.45) is 9.80. The lowest BCUT2D eigenvalue weighted by molar-refractivity contribution is -0.392. The van der Waals surface area contributed by atoms with Crippen molar-refractivity contribution in [2.45, 2.75) is 75.1 Å². The molecule has 5 nitrogen and oxygen atoms in total. The highest BCUT2D eigenvalue weighted by atomic mass is 17.3. The molecule has 7 aliphatic rings. The quantitative estimate of drug-likeness (QED) is 0.641. The number of ether oxygens (including phenoxy) is 3. The van der Waals surface area contributed by atoms with Crippen LogP contribution in [0, 0.1) is 23.7 Å². The van der Waals surface area contributed by atoms with Crippen molar-refractivity contribution in [1.29, 1.82) is 0 Å². The Morgan fingerprint density at radius 1 is 0.609 bits per heavy atom. The van der Waals surface area contributed by atoms with E-state index in [1.807, 2.05) is 0 Å². The Labute approximate surface area is 136 Å². The Hall–Kier alpha value is -0.200. The van der Waals surface area contributed by atoms with E-state index in [9.17, 15) is 0 Å². The molecule has 5 saturated carbocycles. The largest absolute Gasteiger partial charge is 0.348 e. The first kappa shape index (κ1) is 14.0. The molecule has 5 heteroatoms. The molecule has 7 fully saturated rings. The molecule has 7 rings (SSSR count). The summed E-state index contributed by atoms with van der Waals surface area (Å²) in [5, 5.41) is 0. The fraction of sp³-hybridized carbons (Fsp3) is 1.00. The van der Waals surface area contributed by atoms with E-state index in [0.717, 1.165) is 37.5 Å². The number of hydrogen-bond acceptors (Lipinski definition) is 5. The summed E-state index contributed by atoms with van der Waals surface area (Å²) in [4.78, 5) is 12.0. The van der Waals surface area contributed by atoms with E-state index in [2.05, 4.69) is 0 Å². The molecule has 0 unspecified atom stereocenters. The van der Waals surface area contributed by atoms with Crippen molar-refractivity contribution in [3.63, 3.8) is 0 Å². The molecule has 5 aliphatic carbocycles. The maximum Gasteiger partial charge on any atom is 0.210 e. The van der Waals surface area contributed by atoms with Gasteiger partial charge in [-0.25, -0.2) is 0 Å². The van der Waals surface area contributed by atoms with Crippen LogP contribution in [0.25, 0.3) is 0 Å². The van der Waals surface area contributed by atoms with Gasteiger partial charge >= 0.3 is 0 Å². The SMILES string of the molecule is C1COC2(CCC3(CC2)OOC2(O3)C3CC4CC(C3)CC2C4)O1. The average Bonchev–Trinajstić information content (AvgIpc) is 3.15. The smallest absolute Gasteiger partial charge is 0.210 e. The molecule has 3 spiro atoms. The third kappa shape index (κ3) is 1.86. The van der Waals surface area contributed by atoms with Crippen LogP contribution in [0.15, 0.2) is 0 Å². The normalized spacial score (nSPS) is 52.2. The second-order valence-electron chi connectivity index (χ2n) is 8.81. The van der Waals surface area contributed by atoms with Gasteiger partial charge in [0.25, 0.3) is 0 Å². The summed E-state index contributed by atoms with van der Waals surface area (Å²) in [5.41, 5.74) is 0. The molecule has 0 N–H and O–H groups in total. The molecule has 2 aliphatic heterocycles. The van der Waals surface area contributed by atoms with Gasteiger partial charge in [-0.2, -0.15) is 9.78 Å². The predicted octanol–water partition coefficient (Wildman–Crippen LogP) is 3.13. The Balaban J connectivity index is 1.23. The zero-order valence-electron chi connectivity index (χ0n) is 13.6. The fourth-order valence-corrected chi connectivity index (χ4v) is 6.59. The Bertz CT molecular complexity index is 474. The van der Waals surface area contributed by atoms with E-state index in [1.165, 1.54) is 32.1 Å². The Morgan fingerprint density at radius 2 is 1.17 bits per heavy atom. The van der Waals surface area contributed by atoms with Gasteiger partial charge in [0.05, 0.1) is 13.2 Å². The second-order valence-corrected chi connectivity index (χ2v) is 8.81. The summed E-state index contributed by atoms with van der Waals surface area (Å²) in [5.74, 6) is 1.49. The van der Waals surface area contributed by atoms with E-state index in [-0.39, 0.29) is 5.79 Å². The molecule has 0 aromatic rings. The highest BCUT2D eigenvalue weighted by Crippen LogP contribution is 2.64. The predicted molar refractivity (Wildman–Crippen MR) is 78.9 cm³/mol. The molecule has 4 bridgehead atoms. The van der Waals surface area contributed by atoms with Gasteiger partial charge in [-0.1, -0.05) is 0 Å². The lowest BCUT2D eigenvalue weighted by Crippen LogP contribution is -2.59. The van der Waals surface area contributed by atoms with Crippen molar-refractivity contribution in [3.8, 4) is 0 Å². The van der Waals surface area contributed by atoms with E-state index in [4.69, 9.17) is 24.0 Å². The molecule has 0 radical (unpaired) electrons. The Morgan fingerprint density at radius 3 is 1.78 bits per heavy atom. The summed E-state index contributed by atoms with van der Waals surface area (Å²) >= 11 is 0. The molecule has 0 aromatic carbocycles. The number of hydrogen-bond donors (Lipinski definition) is 0. The summed E-state index contributed by atoms with van der Waals surface area (Å²) in [6.45, 7) is 1.42. The third-order valence-electron chi connectivity index (χ3n) is 7.53. The summed E-state index contributed by atoms with van der Waals surface area (Å²) in [6, 6.07) is 0. The van der Waals surface area contributed by atoms with Crippen LogP contribution >= 0.6 is 0 Å². The van der Waals surface area contributed by atoms with Crippen LogP contribution in [-0.4, -0.2) is 30.6 Å². The van der Waals surface area contributed by atoms with Crippen molar-refractivity contribution in [3.05, 3.63) is 0 Å².